The van der Waals surface area contributed by atoms with Crippen LogP contribution in [0.4, 0.5) is 5.69 Å². The average molecular weight is 352 g/mol. The van der Waals surface area contributed by atoms with Crippen LogP contribution in [0.2, 0.25) is 0 Å². The predicted octanol–water partition coefficient (Wildman–Crippen LogP) is 2.10. The van der Waals surface area contributed by atoms with Crippen LogP contribution in [0.3, 0.4) is 0 Å². The van der Waals surface area contributed by atoms with Crippen molar-refractivity contribution in [1.29, 1.82) is 0 Å². The summed E-state index contributed by atoms with van der Waals surface area (Å²) in [7, 11) is 0. The quantitative estimate of drug-likeness (QED) is 0.835. The molecule has 0 atom stereocenters. The molecule has 0 spiro atoms. The maximum Gasteiger partial charge on any atom is 0.246 e. The van der Waals surface area contributed by atoms with Crippen molar-refractivity contribution in [3.63, 3.8) is 0 Å². The van der Waals surface area contributed by atoms with Crippen LogP contribution < -0.4 is 10.6 Å². The highest BCUT2D eigenvalue weighted by atomic mass is 79.9. The molecule has 2 N–H and O–H groups in total. The van der Waals surface area contributed by atoms with Gasteiger partial charge in [0.15, 0.2) is 0 Å². The van der Waals surface area contributed by atoms with E-state index >= 15 is 0 Å². The van der Waals surface area contributed by atoms with Crippen LogP contribution in [0.1, 0.15) is 18.2 Å². The van der Waals surface area contributed by atoms with Crippen molar-refractivity contribution in [2.75, 3.05) is 11.9 Å². The van der Waals surface area contributed by atoms with Gasteiger partial charge in [-0.15, -0.1) is 5.10 Å². The minimum absolute atomic E-state index is 0.125. The molecule has 1 heterocycles. The second-order valence-electron chi connectivity index (χ2n) is 4.70. The fourth-order valence-electron chi connectivity index (χ4n) is 1.85. The van der Waals surface area contributed by atoms with Crippen LogP contribution in [-0.4, -0.2) is 27.4 Å². The van der Waals surface area contributed by atoms with Gasteiger partial charge in [0.05, 0.1) is 11.9 Å². The standard InChI is InChI=1S/C14H18BrN5O/c1-3-16-7-12-8-20(19-18-12)9-14(21)17-13-5-4-11(15)6-10(13)2/h4-6,8,16H,3,7,9H2,1-2H3,(H,17,21). The van der Waals surface area contributed by atoms with E-state index in [-0.39, 0.29) is 12.5 Å². The van der Waals surface area contributed by atoms with Crippen molar-refractivity contribution in [2.24, 2.45) is 0 Å². The number of carbonyl (C=O) groups excluding carboxylic acids is 1. The summed E-state index contributed by atoms with van der Waals surface area (Å²) in [6.07, 6.45) is 1.77. The SMILES string of the molecule is CCNCc1cn(CC(=O)Nc2ccc(Br)cc2C)nn1. The molecular formula is C14H18BrN5O. The van der Waals surface area contributed by atoms with Crippen LogP contribution in [0.15, 0.2) is 28.9 Å². The van der Waals surface area contributed by atoms with E-state index in [4.69, 9.17) is 0 Å². The highest BCUT2D eigenvalue weighted by Crippen LogP contribution is 2.19. The van der Waals surface area contributed by atoms with Gasteiger partial charge in [-0.1, -0.05) is 28.1 Å². The Labute approximate surface area is 132 Å². The van der Waals surface area contributed by atoms with E-state index in [2.05, 4.69) is 36.9 Å². The molecule has 0 saturated heterocycles. The van der Waals surface area contributed by atoms with Gasteiger partial charge in [0.2, 0.25) is 5.91 Å². The molecule has 21 heavy (non-hydrogen) atoms. The number of aryl methyl sites for hydroxylation is 1. The largest absolute Gasteiger partial charge is 0.324 e. The lowest BCUT2D eigenvalue weighted by molar-refractivity contribution is -0.116. The lowest BCUT2D eigenvalue weighted by Crippen LogP contribution is -2.19. The molecule has 2 rings (SSSR count). The van der Waals surface area contributed by atoms with Gasteiger partial charge in [0.1, 0.15) is 6.54 Å². The third-order valence-electron chi connectivity index (χ3n) is 2.91. The molecule has 0 aliphatic heterocycles. The Kier molecular flexibility index (Phi) is 5.46. The zero-order valence-electron chi connectivity index (χ0n) is 12.1. The molecule has 6 nitrogen and oxygen atoms in total. The number of benzene rings is 1. The second kappa shape index (κ2) is 7.33. The van der Waals surface area contributed by atoms with E-state index in [1.165, 1.54) is 4.68 Å². The third-order valence-corrected chi connectivity index (χ3v) is 3.40. The maximum atomic E-state index is 12.0. The Morgan fingerprint density at radius 1 is 1.43 bits per heavy atom. The molecule has 2 aromatic rings. The highest BCUT2D eigenvalue weighted by molar-refractivity contribution is 9.10. The van der Waals surface area contributed by atoms with Crippen LogP contribution in [0, 0.1) is 6.92 Å². The molecule has 0 fully saturated rings. The van der Waals surface area contributed by atoms with Crippen LogP contribution in [-0.2, 0) is 17.9 Å². The number of halogens is 1. The number of anilines is 1. The van der Waals surface area contributed by atoms with Gasteiger partial charge >= 0.3 is 0 Å². The van der Waals surface area contributed by atoms with Crippen molar-refractivity contribution in [3.05, 3.63) is 40.1 Å². The van der Waals surface area contributed by atoms with Crippen molar-refractivity contribution in [1.82, 2.24) is 20.3 Å². The number of aromatic nitrogens is 3. The first-order valence-corrected chi connectivity index (χ1v) is 7.53. The second-order valence-corrected chi connectivity index (χ2v) is 5.61. The molecule has 0 radical (unpaired) electrons. The van der Waals surface area contributed by atoms with Gasteiger partial charge in [-0.05, 0) is 37.2 Å². The number of amides is 1. The molecule has 1 aromatic carbocycles. The zero-order valence-corrected chi connectivity index (χ0v) is 13.6. The minimum Gasteiger partial charge on any atom is -0.324 e. The first-order chi connectivity index (χ1) is 10.1. The molecule has 7 heteroatoms. The van der Waals surface area contributed by atoms with Gasteiger partial charge in [0.25, 0.3) is 0 Å². The summed E-state index contributed by atoms with van der Waals surface area (Å²) in [5, 5.41) is 14.0. The molecule has 0 aliphatic rings. The first kappa shape index (κ1) is 15.7. The first-order valence-electron chi connectivity index (χ1n) is 6.74. The molecule has 1 aromatic heterocycles. The predicted molar refractivity (Wildman–Crippen MR) is 84.9 cm³/mol. The van der Waals surface area contributed by atoms with E-state index in [1.54, 1.807) is 6.20 Å². The van der Waals surface area contributed by atoms with Gasteiger partial charge in [-0.2, -0.15) is 0 Å². The average Bonchev–Trinajstić information content (AvgIpc) is 2.87. The minimum atomic E-state index is -0.125. The van der Waals surface area contributed by atoms with Gasteiger partial charge < -0.3 is 10.6 Å². The lowest BCUT2D eigenvalue weighted by Gasteiger charge is -2.08. The van der Waals surface area contributed by atoms with E-state index in [9.17, 15) is 4.79 Å². The Morgan fingerprint density at radius 3 is 2.95 bits per heavy atom. The summed E-state index contributed by atoms with van der Waals surface area (Å²) in [6.45, 7) is 5.65. The lowest BCUT2D eigenvalue weighted by atomic mass is 10.2. The van der Waals surface area contributed by atoms with E-state index in [1.807, 2.05) is 32.0 Å². The van der Waals surface area contributed by atoms with Crippen molar-refractivity contribution in [2.45, 2.75) is 26.9 Å². The zero-order chi connectivity index (χ0) is 15.2. The summed E-state index contributed by atoms with van der Waals surface area (Å²) in [6, 6.07) is 5.72. The van der Waals surface area contributed by atoms with Crippen molar-refractivity contribution in [3.8, 4) is 0 Å². The number of hydrogen-bond donors (Lipinski definition) is 2. The van der Waals surface area contributed by atoms with Gasteiger partial charge in [-0.25, -0.2) is 4.68 Å². The van der Waals surface area contributed by atoms with E-state index < -0.39 is 0 Å². The third kappa shape index (κ3) is 4.64. The Hall–Kier alpha value is -1.73. The maximum absolute atomic E-state index is 12.0. The smallest absolute Gasteiger partial charge is 0.246 e. The topological polar surface area (TPSA) is 71.8 Å². The molecular weight excluding hydrogens is 334 g/mol. The highest BCUT2D eigenvalue weighted by Gasteiger charge is 2.08. The van der Waals surface area contributed by atoms with Gasteiger partial charge in [0, 0.05) is 16.7 Å². The van der Waals surface area contributed by atoms with Crippen molar-refractivity contribution < 1.29 is 4.79 Å². The summed E-state index contributed by atoms with van der Waals surface area (Å²) in [4.78, 5) is 12.0. The summed E-state index contributed by atoms with van der Waals surface area (Å²) < 4.78 is 2.53. The van der Waals surface area contributed by atoms with Crippen LogP contribution in [0.5, 0.6) is 0 Å². The molecule has 0 bridgehead atoms. The Bertz CT molecular complexity index is 626. The fraction of sp³-hybridized carbons (Fsp3) is 0.357. The molecule has 0 aliphatic carbocycles. The molecule has 0 saturated carbocycles. The monoisotopic (exact) mass is 351 g/mol. The Balaban J connectivity index is 1.93. The summed E-state index contributed by atoms with van der Waals surface area (Å²) in [5.41, 5.74) is 2.63. The normalized spacial score (nSPS) is 10.6. The fourth-order valence-corrected chi connectivity index (χ4v) is 2.33. The van der Waals surface area contributed by atoms with Crippen molar-refractivity contribution >= 4 is 27.5 Å². The number of nitrogens with one attached hydrogen (secondary N) is 2. The summed E-state index contributed by atoms with van der Waals surface area (Å²) in [5.74, 6) is -0.125. The van der Waals surface area contributed by atoms with Crippen LogP contribution >= 0.6 is 15.9 Å². The summed E-state index contributed by atoms with van der Waals surface area (Å²) >= 11 is 3.40. The number of carbonyl (C=O) groups is 1. The van der Waals surface area contributed by atoms with E-state index in [0.717, 1.165) is 28.0 Å². The van der Waals surface area contributed by atoms with E-state index in [0.29, 0.717) is 6.54 Å². The van der Waals surface area contributed by atoms with Crippen LogP contribution in [0.25, 0.3) is 0 Å². The number of rotatable bonds is 6. The van der Waals surface area contributed by atoms with Gasteiger partial charge in [-0.3, -0.25) is 4.79 Å². The number of nitrogens with zero attached hydrogens (tertiary/aromatic N) is 3. The molecule has 0 unspecified atom stereocenters. The number of hydrogen-bond acceptors (Lipinski definition) is 4. The molecule has 112 valence electrons. The Morgan fingerprint density at radius 2 is 2.24 bits per heavy atom. The molecule has 1 amide bonds.